The fraction of sp³-hybridized carbons (Fsp3) is 0.417. The lowest BCUT2D eigenvalue weighted by atomic mass is 10.2. The van der Waals surface area contributed by atoms with E-state index < -0.39 is 10.0 Å². The largest absolute Gasteiger partial charge is 0.374 e. The van der Waals surface area contributed by atoms with Crippen LogP contribution in [0, 0.1) is 11.3 Å². The van der Waals surface area contributed by atoms with Crippen LogP contribution in [-0.4, -0.2) is 45.1 Å². The van der Waals surface area contributed by atoms with E-state index in [0.29, 0.717) is 6.61 Å². The maximum atomic E-state index is 12.5. The average Bonchev–Trinajstić information content (AvgIpc) is 2.47. The van der Waals surface area contributed by atoms with Gasteiger partial charge >= 0.3 is 0 Å². The highest BCUT2D eigenvalue weighted by Gasteiger charge is 2.31. The summed E-state index contributed by atoms with van der Waals surface area (Å²) in [4.78, 5) is 0.0372. The molecule has 0 unspecified atom stereocenters. The van der Waals surface area contributed by atoms with Crippen molar-refractivity contribution >= 4 is 10.0 Å². The zero-order valence-electron chi connectivity index (χ0n) is 10.3. The van der Waals surface area contributed by atoms with Crippen LogP contribution in [0.4, 0.5) is 0 Å². The quantitative estimate of drug-likeness (QED) is 0.835. The summed E-state index contributed by atoms with van der Waals surface area (Å²) in [5.74, 6) is 0. The van der Waals surface area contributed by atoms with Gasteiger partial charge in [0.25, 0.3) is 0 Å². The van der Waals surface area contributed by atoms with Gasteiger partial charge in [-0.3, -0.25) is 0 Å². The fourth-order valence-corrected chi connectivity index (χ4v) is 3.57. The Kier molecular flexibility index (Phi) is 4.17. The summed E-state index contributed by atoms with van der Waals surface area (Å²) >= 11 is 0. The fourth-order valence-electron chi connectivity index (χ4n) is 1.98. The predicted molar refractivity (Wildman–Crippen MR) is 68.7 cm³/mol. The zero-order valence-corrected chi connectivity index (χ0v) is 11.1. The van der Waals surface area contributed by atoms with Crippen LogP contribution in [0.15, 0.2) is 29.2 Å². The van der Waals surface area contributed by atoms with Gasteiger partial charge in [-0.2, -0.15) is 9.57 Å². The lowest BCUT2D eigenvalue weighted by Gasteiger charge is -2.31. The van der Waals surface area contributed by atoms with Crippen LogP contribution in [0.2, 0.25) is 0 Å². The predicted octanol–water partition coefficient (Wildman–Crippen LogP) is -0.0935. The Morgan fingerprint density at radius 2 is 2.21 bits per heavy atom. The van der Waals surface area contributed by atoms with Gasteiger partial charge in [0.05, 0.1) is 23.2 Å². The van der Waals surface area contributed by atoms with Crippen LogP contribution < -0.4 is 5.73 Å². The van der Waals surface area contributed by atoms with Crippen LogP contribution in [0.25, 0.3) is 0 Å². The molecular formula is C12H15N3O3S. The molecule has 19 heavy (non-hydrogen) atoms. The first kappa shape index (κ1) is 14.0. The second kappa shape index (κ2) is 5.67. The molecule has 2 rings (SSSR count). The molecule has 0 saturated carbocycles. The summed E-state index contributed by atoms with van der Waals surface area (Å²) in [5.41, 5.74) is 5.66. The number of nitrogens with two attached hydrogens (primary N) is 1. The van der Waals surface area contributed by atoms with E-state index in [-0.39, 0.29) is 36.2 Å². The van der Waals surface area contributed by atoms with E-state index in [2.05, 4.69) is 0 Å². The van der Waals surface area contributed by atoms with E-state index in [1.165, 1.54) is 16.4 Å². The molecule has 7 heteroatoms. The lowest BCUT2D eigenvalue weighted by molar-refractivity contribution is 0.00450. The van der Waals surface area contributed by atoms with E-state index in [9.17, 15) is 8.42 Å². The van der Waals surface area contributed by atoms with Crippen molar-refractivity contribution in [2.24, 2.45) is 5.73 Å². The monoisotopic (exact) mass is 281 g/mol. The van der Waals surface area contributed by atoms with Gasteiger partial charge in [0.15, 0.2) is 0 Å². The maximum Gasteiger partial charge on any atom is 0.244 e. The molecule has 0 amide bonds. The number of hydrogen-bond donors (Lipinski definition) is 1. The van der Waals surface area contributed by atoms with Gasteiger partial charge in [0.1, 0.15) is 6.07 Å². The first-order valence-electron chi connectivity index (χ1n) is 5.90. The Morgan fingerprint density at radius 3 is 2.89 bits per heavy atom. The standard InChI is InChI=1S/C12H15N3O3S/c13-7-10-3-1-2-4-12(10)19(16,17)15-5-6-18-11(8-14)9-15/h1-4,11H,5-6,8-9,14H2/t11-/m1/s1. The third kappa shape index (κ3) is 2.77. The van der Waals surface area contributed by atoms with Crippen molar-refractivity contribution < 1.29 is 13.2 Å². The molecule has 1 aromatic rings. The second-order valence-electron chi connectivity index (χ2n) is 4.20. The Bertz CT molecular complexity index is 594. The van der Waals surface area contributed by atoms with Crippen LogP contribution >= 0.6 is 0 Å². The van der Waals surface area contributed by atoms with Gasteiger partial charge in [-0.25, -0.2) is 8.42 Å². The molecule has 1 atom stereocenters. The number of rotatable bonds is 3. The summed E-state index contributed by atoms with van der Waals surface area (Å²) in [6.07, 6.45) is -0.294. The van der Waals surface area contributed by atoms with E-state index in [1.54, 1.807) is 12.1 Å². The molecule has 102 valence electrons. The normalized spacial score (nSPS) is 20.9. The van der Waals surface area contributed by atoms with Crippen molar-refractivity contribution in [1.29, 1.82) is 5.26 Å². The summed E-state index contributed by atoms with van der Waals surface area (Å²) in [6, 6.07) is 8.09. The number of ether oxygens (including phenoxy) is 1. The topological polar surface area (TPSA) is 96.4 Å². The van der Waals surface area contributed by atoms with Crippen molar-refractivity contribution in [3.05, 3.63) is 29.8 Å². The molecule has 0 aromatic heterocycles. The molecule has 0 aliphatic carbocycles. The van der Waals surface area contributed by atoms with Gasteiger partial charge in [-0.15, -0.1) is 0 Å². The zero-order chi connectivity index (χ0) is 13.9. The minimum atomic E-state index is -3.67. The molecule has 1 saturated heterocycles. The van der Waals surface area contributed by atoms with Crippen LogP contribution in [0.3, 0.4) is 0 Å². The van der Waals surface area contributed by atoms with Gasteiger partial charge in [0, 0.05) is 19.6 Å². The summed E-state index contributed by atoms with van der Waals surface area (Å²) in [5, 5.41) is 9.00. The Labute approximate surface area is 112 Å². The molecule has 1 aliphatic rings. The Hall–Kier alpha value is -1.46. The van der Waals surface area contributed by atoms with Crippen LogP contribution in [-0.2, 0) is 14.8 Å². The summed E-state index contributed by atoms with van der Waals surface area (Å²) < 4.78 is 31.7. The molecule has 1 fully saturated rings. The van der Waals surface area contributed by atoms with Gasteiger partial charge in [0.2, 0.25) is 10.0 Å². The van der Waals surface area contributed by atoms with E-state index in [1.807, 2.05) is 6.07 Å². The molecule has 0 radical (unpaired) electrons. The molecule has 2 N–H and O–H groups in total. The number of nitrogens with zero attached hydrogens (tertiary/aromatic N) is 2. The van der Waals surface area contributed by atoms with Crippen molar-refractivity contribution in [3.8, 4) is 6.07 Å². The molecule has 1 heterocycles. The van der Waals surface area contributed by atoms with Crippen molar-refractivity contribution in [3.63, 3.8) is 0 Å². The number of hydrogen-bond acceptors (Lipinski definition) is 5. The minimum Gasteiger partial charge on any atom is -0.374 e. The van der Waals surface area contributed by atoms with Crippen molar-refractivity contribution in [2.45, 2.75) is 11.0 Å². The molecule has 1 aliphatic heterocycles. The lowest BCUT2D eigenvalue weighted by Crippen LogP contribution is -2.48. The van der Waals surface area contributed by atoms with Crippen molar-refractivity contribution in [2.75, 3.05) is 26.2 Å². The van der Waals surface area contributed by atoms with Gasteiger partial charge < -0.3 is 10.5 Å². The maximum absolute atomic E-state index is 12.5. The highest BCUT2D eigenvalue weighted by molar-refractivity contribution is 7.89. The first-order valence-corrected chi connectivity index (χ1v) is 7.34. The smallest absolute Gasteiger partial charge is 0.244 e. The first-order chi connectivity index (χ1) is 9.09. The Morgan fingerprint density at radius 1 is 1.47 bits per heavy atom. The highest BCUT2D eigenvalue weighted by atomic mass is 32.2. The number of benzene rings is 1. The molecule has 1 aromatic carbocycles. The van der Waals surface area contributed by atoms with Gasteiger partial charge in [-0.1, -0.05) is 12.1 Å². The van der Waals surface area contributed by atoms with Gasteiger partial charge in [-0.05, 0) is 12.1 Å². The highest BCUT2D eigenvalue weighted by Crippen LogP contribution is 2.21. The average molecular weight is 281 g/mol. The van der Waals surface area contributed by atoms with E-state index in [0.717, 1.165) is 0 Å². The molecule has 0 spiro atoms. The third-order valence-electron chi connectivity index (χ3n) is 2.99. The van der Waals surface area contributed by atoms with Crippen LogP contribution in [0.1, 0.15) is 5.56 Å². The van der Waals surface area contributed by atoms with Crippen LogP contribution in [0.5, 0.6) is 0 Å². The number of nitriles is 1. The summed E-state index contributed by atoms with van der Waals surface area (Å²) in [6.45, 7) is 1.08. The van der Waals surface area contributed by atoms with E-state index >= 15 is 0 Å². The molecular weight excluding hydrogens is 266 g/mol. The second-order valence-corrected chi connectivity index (χ2v) is 6.11. The third-order valence-corrected chi connectivity index (χ3v) is 4.91. The minimum absolute atomic E-state index is 0.0372. The molecule has 0 bridgehead atoms. The SMILES string of the molecule is N#Cc1ccccc1S(=O)(=O)N1CCO[C@H](CN)C1. The Balaban J connectivity index is 2.35. The number of morpholine rings is 1. The molecule has 6 nitrogen and oxygen atoms in total. The number of sulfonamides is 1. The van der Waals surface area contributed by atoms with E-state index in [4.69, 9.17) is 15.7 Å². The van der Waals surface area contributed by atoms with Crippen molar-refractivity contribution in [1.82, 2.24) is 4.31 Å². The summed E-state index contributed by atoms with van der Waals surface area (Å²) in [7, 11) is -3.67.